The average molecular weight is 429 g/mol. The number of amides is 1. The van der Waals surface area contributed by atoms with Crippen molar-refractivity contribution in [2.24, 2.45) is 7.05 Å². The van der Waals surface area contributed by atoms with E-state index in [0.29, 0.717) is 28.7 Å². The van der Waals surface area contributed by atoms with Crippen LogP contribution in [0.2, 0.25) is 0 Å². The molecule has 1 amide bonds. The molecule has 10 nitrogen and oxygen atoms in total. The summed E-state index contributed by atoms with van der Waals surface area (Å²) in [5, 5.41) is 6.19. The summed E-state index contributed by atoms with van der Waals surface area (Å²) >= 11 is 0. The Labute approximate surface area is 181 Å². The van der Waals surface area contributed by atoms with E-state index in [2.05, 4.69) is 30.6 Å². The van der Waals surface area contributed by atoms with Crippen LogP contribution in [0.1, 0.15) is 21.6 Å². The molecule has 0 saturated heterocycles. The number of aryl methyl sites for hydroxylation is 1. The predicted molar refractivity (Wildman–Crippen MR) is 118 cm³/mol. The van der Waals surface area contributed by atoms with Crippen molar-refractivity contribution >= 4 is 33.7 Å². The third-order valence-corrected chi connectivity index (χ3v) is 5.22. The number of aromatic amines is 1. The van der Waals surface area contributed by atoms with Crippen LogP contribution in [0.5, 0.6) is 0 Å². The van der Waals surface area contributed by atoms with Gasteiger partial charge in [0.05, 0.1) is 16.7 Å². The van der Waals surface area contributed by atoms with Gasteiger partial charge in [-0.2, -0.15) is 0 Å². The molecule has 32 heavy (non-hydrogen) atoms. The number of oxazole rings is 1. The summed E-state index contributed by atoms with van der Waals surface area (Å²) in [6.45, 7) is 0.869. The van der Waals surface area contributed by atoms with E-state index < -0.39 is 5.76 Å². The number of fused-ring (bicyclic) bond motifs is 2. The Bertz CT molecular complexity index is 1480. The highest BCUT2D eigenvalue weighted by molar-refractivity contribution is 6.05. The van der Waals surface area contributed by atoms with Crippen molar-refractivity contribution in [3.63, 3.8) is 0 Å². The number of benzene rings is 1. The number of carbonyl (C=O) groups excluding carboxylic acids is 1. The quantitative estimate of drug-likeness (QED) is 0.378. The number of nitrogens with one attached hydrogen (secondary N) is 3. The van der Waals surface area contributed by atoms with Crippen LogP contribution in [0.4, 0.5) is 5.69 Å². The zero-order valence-electron chi connectivity index (χ0n) is 17.1. The first-order valence-corrected chi connectivity index (χ1v) is 9.91. The van der Waals surface area contributed by atoms with Crippen LogP contribution in [-0.2, 0) is 20.1 Å². The Morgan fingerprint density at radius 2 is 1.97 bits per heavy atom. The topological polar surface area (TPSA) is 131 Å². The monoisotopic (exact) mass is 429 g/mol. The van der Waals surface area contributed by atoms with E-state index in [1.165, 1.54) is 10.9 Å². The minimum atomic E-state index is -0.426. The molecule has 3 N–H and O–H groups in total. The van der Waals surface area contributed by atoms with Crippen LogP contribution in [0.3, 0.4) is 0 Å². The van der Waals surface area contributed by atoms with E-state index in [9.17, 15) is 9.59 Å². The summed E-state index contributed by atoms with van der Waals surface area (Å²) < 4.78 is 6.56. The maximum Gasteiger partial charge on any atom is 0.419 e. The molecule has 0 aliphatic carbocycles. The minimum Gasteiger partial charge on any atom is -0.408 e. The lowest BCUT2D eigenvalue weighted by atomic mass is 10.2. The summed E-state index contributed by atoms with van der Waals surface area (Å²) in [5.41, 5.74) is 5.29. The molecule has 0 radical (unpaired) electrons. The second-order valence-electron chi connectivity index (χ2n) is 7.27. The zero-order valence-corrected chi connectivity index (χ0v) is 17.1. The van der Waals surface area contributed by atoms with E-state index in [-0.39, 0.29) is 18.1 Å². The van der Waals surface area contributed by atoms with Crippen molar-refractivity contribution in [3.05, 3.63) is 82.6 Å². The number of carbonyl (C=O) groups is 1. The van der Waals surface area contributed by atoms with Gasteiger partial charge in [-0.25, -0.2) is 14.8 Å². The molecule has 0 aliphatic heterocycles. The first-order valence-electron chi connectivity index (χ1n) is 9.91. The molecule has 0 fully saturated rings. The Morgan fingerprint density at radius 3 is 2.81 bits per heavy atom. The highest BCUT2D eigenvalue weighted by atomic mass is 16.4. The van der Waals surface area contributed by atoms with Crippen molar-refractivity contribution in [1.29, 1.82) is 0 Å². The summed E-state index contributed by atoms with van der Waals surface area (Å²) in [4.78, 5) is 40.1. The van der Waals surface area contributed by atoms with Gasteiger partial charge in [0.15, 0.2) is 11.3 Å². The van der Waals surface area contributed by atoms with Gasteiger partial charge in [-0.3, -0.25) is 14.3 Å². The van der Waals surface area contributed by atoms with Gasteiger partial charge >= 0.3 is 5.76 Å². The zero-order chi connectivity index (χ0) is 22.1. The van der Waals surface area contributed by atoms with Crippen LogP contribution >= 0.6 is 0 Å². The largest absolute Gasteiger partial charge is 0.419 e. The van der Waals surface area contributed by atoms with Gasteiger partial charge in [0.25, 0.3) is 5.91 Å². The Morgan fingerprint density at radius 1 is 1.12 bits per heavy atom. The Balaban J connectivity index is 1.33. The number of hydrogen-bond acceptors (Lipinski definition) is 7. The van der Waals surface area contributed by atoms with Gasteiger partial charge in [-0.05, 0) is 35.4 Å². The Kier molecular flexibility index (Phi) is 4.86. The molecule has 4 aromatic heterocycles. The van der Waals surface area contributed by atoms with Crippen LogP contribution in [-0.4, -0.2) is 30.4 Å². The van der Waals surface area contributed by atoms with Gasteiger partial charge in [-0.1, -0.05) is 6.07 Å². The molecule has 10 heteroatoms. The van der Waals surface area contributed by atoms with Crippen molar-refractivity contribution < 1.29 is 9.21 Å². The lowest BCUT2D eigenvalue weighted by molar-refractivity contribution is 0.0947. The second kappa shape index (κ2) is 7.99. The fraction of sp³-hybridized carbons (Fsp3) is 0.136. The molecule has 5 rings (SSSR count). The number of rotatable bonds is 6. The van der Waals surface area contributed by atoms with Crippen molar-refractivity contribution in [1.82, 2.24) is 29.8 Å². The van der Waals surface area contributed by atoms with Crippen molar-refractivity contribution in [2.75, 3.05) is 5.32 Å². The standard InChI is InChI=1S/C22H19N7O3/c1-29-16-8-14(2-3-17(16)32-22(29)31)10-26-21(30)20-19-18(27-12-28-20)15(11-25-19)24-9-13-4-6-23-7-5-13/h2-8,11-12,24-25H,9-10H2,1H3,(H,26,30). The summed E-state index contributed by atoms with van der Waals surface area (Å²) in [6.07, 6.45) is 6.61. The Hall–Kier alpha value is -4.47. The molecule has 0 spiro atoms. The number of hydrogen-bond donors (Lipinski definition) is 3. The first-order chi connectivity index (χ1) is 15.6. The van der Waals surface area contributed by atoms with Crippen LogP contribution < -0.4 is 16.4 Å². The number of nitrogens with zero attached hydrogens (tertiary/aromatic N) is 4. The van der Waals surface area contributed by atoms with Crippen molar-refractivity contribution in [2.45, 2.75) is 13.1 Å². The van der Waals surface area contributed by atoms with Crippen LogP contribution in [0.15, 0.2) is 64.5 Å². The average Bonchev–Trinajstić information content (AvgIpc) is 3.37. The maximum absolute atomic E-state index is 12.8. The summed E-state index contributed by atoms with van der Waals surface area (Å²) in [5.74, 6) is -0.759. The number of aromatic nitrogens is 5. The van der Waals surface area contributed by atoms with E-state index >= 15 is 0 Å². The normalized spacial score (nSPS) is 11.2. The summed E-state index contributed by atoms with van der Waals surface area (Å²) in [6, 6.07) is 9.18. The minimum absolute atomic E-state index is 0.253. The number of pyridine rings is 1. The van der Waals surface area contributed by atoms with E-state index in [0.717, 1.165) is 16.8 Å². The lowest BCUT2D eigenvalue weighted by Crippen LogP contribution is -2.24. The number of H-pyrrole nitrogens is 1. The summed E-state index contributed by atoms with van der Waals surface area (Å²) in [7, 11) is 1.64. The molecule has 4 heterocycles. The predicted octanol–water partition coefficient (Wildman–Crippen LogP) is 2.34. The molecule has 0 saturated carbocycles. The number of anilines is 1. The molecule has 0 atom stereocenters. The SMILES string of the molecule is Cn1c(=O)oc2ccc(CNC(=O)c3ncnc4c(NCc5ccncc5)c[nH]c34)cc21. The van der Waals surface area contributed by atoms with E-state index in [1.54, 1.807) is 37.8 Å². The fourth-order valence-electron chi connectivity index (χ4n) is 3.49. The molecule has 5 aromatic rings. The van der Waals surface area contributed by atoms with E-state index in [4.69, 9.17) is 4.42 Å². The highest BCUT2D eigenvalue weighted by Crippen LogP contribution is 2.23. The molecule has 0 unspecified atom stereocenters. The second-order valence-corrected chi connectivity index (χ2v) is 7.27. The molecular formula is C22H19N7O3. The van der Waals surface area contributed by atoms with E-state index in [1.807, 2.05) is 18.2 Å². The van der Waals surface area contributed by atoms with Gasteiger partial charge in [-0.15, -0.1) is 0 Å². The molecular weight excluding hydrogens is 410 g/mol. The third kappa shape index (κ3) is 3.58. The molecule has 1 aromatic carbocycles. The smallest absolute Gasteiger partial charge is 0.408 e. The lowest BCUT2D eigenvalue weighted by Gasteiger charge is -2.07. The van der Waals surface area contributed by atoms with Gasteiger partial charge in [0.2, 0.25) is 0 Å². The van der Waals surface area contributed by atoms with Gasteiger partial charge in [0, 0.05) is 38.7 Å². The maximum atomic E-state index is 12.8. The third-order valence-electron chi connectivity index (χ3n) is 5.22. The molecule has 160 valence electrons. The van der Waals surface area contributed by atoms with Crippen molar-refractivity contribution in [3.8, 4) is 0 Å². The fourth-order valence-corrected chi connectivity index (χ4v) is 3.49. The van der Waals surface area contributed by atoms with Crippen LogP contribution in [0.25, 0.3) is 22.1 Å². The molecule has 0 bridgehead atoms. The van der Waals surface area contributed by atoms with Gasteiger partial charge in [0.1, 0.15) is 11.8 Å². The van der Waals surface area contributed by atoms with Crippen LogP contribution in [0, 0.1) is 0 Å². The van der Waals surface area contributed by atoms with Gasteiger partial charge < -0.3 is 20.0 Å². The highest BCUT2D eigenvalue weighted by Gasteiger charge is 2.16. The first kappa shape index (κ1) is 19.5. The molecule has 0 aliphatic rings.